The van der Waals surface area contributed by atoms with Gasteiger partial charge in [-0.2, -0.15) is 0 Å². The highest BCUT2D eigenvalue weighted by atomic mass is 127. The molecule has 1 heterocycles. The van der Waals surface area contributed by atoms with E-state index in [0.29, 0.717) is 0 Å². The second-order valence-corrected chi connectivity index (χ2v) is 7.06. The average Bonchev–Trinajstić information content (AvgIpc) is 3.03. The smallest absolute Gasteiger partial charge is 0.191 e. The zero-order chi connectivity index (χ0) is 18.2. The van der Waals surface area contributed by atoms with E-state index in [2.05, 4.69) is 59.1 Å². The van der Waals surface area contributed by atoms with Crippen molar-refractivity contribution < 1.29 is 4.74 Å². The van der Waals surface area contributed by atoms with Crippen LogP contribution in [0.5, 0.6) is 5.75 Å². The van der Waals surface area contributed by atoms with Crippen molar-refractivity contribution >= 4 is 41.3 Å². The molecule has 1 aromatic heterocycles. The maximum atomic E-state index is 5.52. The average molecular weight is 488 g/mol. The predicted molar refractivity (Wildman–Crippen MR) is 122 cm³/mol. The van der Waals surface area contributed by atoms with Crippen LogP contribution in [0.15, 0.2) is 40.7 Å². The number of methoxy groups -OCH3 is 1. The van der Waals surface area contributed by atoms with Crippen molar-refractivity contribution in [1.29, 1.82) is 0 Å². The topological polar surface area (TPSA) is 48.9 Å². The summed E-state index contributed by atoms with van der Waals surface area (Å²) < 4.78 is 5.52. The quantitative estimate of drug-likeness (QED) is 0.355. The fourth-order valence-electron chi connectivity index (χ4n) is 2.68. The number of para-hydroxylation sites is 1. The molecule has 7 heteroatoms. The van der Waals surface area contributed by atoms with E-state index in [9.17, 15) is 0 Å². The van der Waals surface area contributed by atoms with Crippen LogP contribution >= 0.6 is 35.3 Å². The van der Waals surface area contributed by atoms with Gasteiger partial charge >= 0.3 is 0 Å². The van der Waals surface area contributed by atoms with Crippen LogP contribution in [0, 0.1) is 6.92 Å². The first-order chi connectivity index (χ1) is 12.1. The molecule has 0 saturated carbocycles. The Labute approximate surface area is 177 Å². The van der Waals surface area contributed by atoms with Gasteiger partial charge in [0.05, 0.1) is 19.7 Å². The fourth-order valence-corrected chi connectivity index (χ4v) is 3.52. The summed E-state index contributed by atoms with van der Waals surface area (Å²) in [6.45, 7) is 3.65. The highest BCUT2D eigenvalue weighted by molar-refractivity contribution is 14.0. The number of likely N-dealkylation sites (N-methyl/N-ethyl adjacent to an activating group) is 1. The molecule has 0 aliphatic carbocycles. The Morgan fingerprint density at radius 3 is 2.54 bits per heavy atom. The molecule has 0 aliphatic heterocycles. The van der Waals surface area contributed by atoms with Gasteiger partial charge in [0.25, 0.3) is 0 Å². The molecule has 2 aromatic rings. The molecule has 144 valence electrons. The molecule has 2 rings (SSSR count). The molecule has 1 unspecified atom stereocenters. The summed E-state index contributed by atoms with van der Waals surface area (Å²) in [5, 5.41) is 8.93. The minimum atomic E-state index is 0. The lowest BCUT2D eigenvalue weighted by molar-refractivity contribution is 0.287. The lowest BCUT2D eigenvalue weighted by Gasteiger charge is -2.27. The van der Waals surface area contributed by atoms with E-state index in [-0.39, 0.29) is 30.0 Å². The summed E-state index contributed by atoms with van der Waals surface area (Å²) in [4.78, 5) is 7.85. The normalized spacial score (nSPS) is 12.5. The molecule has 0 bridgehead atoms. The third-order valence-electron chi connectivity index (χ3n) is 4.19. The van der Waals surface area contributed by atoms with Crippen molar-refractivity contribution in [3.05, 3.63) is 51.7 Å². The number of hydrogen-bond acceptors (Lipinski definition) is 4. The van der Waals surface area contributed by atoms with E-state index < -0.39 is 0 Å². The number of aliphatic imine (C=N–C) groups is 1. The minimum Gasteiger partial charge on any atom is -0.496 e. The van der Waals surface area contributed by atoms with Gasteiger partial charge in [0, 0.05) is 24.0 Å². The molecule has 0 amide bonds. The summed E-state index contributed by atoms with van der Waals surface area (Å²) in [5.74, 6) is 1.70. The lowest BCUT2D eigenvalue weighted by Crippen LogP contribution is -2.41. The SMILES string of the molecule is CN=C(NCc1sccc1C)NCC(c1ccccc1OC)N(C)C.I. The highest BCUT2D eigenvalue weighted by Gasteiger charge is 2.18. The van der Waals surface area contributed by atoms with Crippen molar-refractivity contribution in [2.45, 2.75) is 19.5 Å². The second kappa shape index (κ2) is 11.4. The number of benzene rings is 1. The van der Waals surface area contributed by atoms with Crippen molar-refractivity contribution in [3.63, 3.8) is 0 Å². The van der Waals surface area contributed by atoms with Gasteiger partial charge in [0.2, 0.25) is 0 Å². The van der Waals surface area contributed by atoms with Crippen molar-refractivity contribution in [2.75, 3.05) is 34.8 Å². The van der Waals surface area contributed by atoms with Gasteiger partial charge in [-0.25, -0.2) is 0 Å². The van der Waals surface area contributed by atoms with E-state index in [1.165, 1.54) is 10.4 Å². The Morgan fingerprint density at radius 2 is 1.96 bits per heavy atom. The Morgan fingerprint density at radius 1 is 1.23 bits per heavy atom. The number of ether oxygens (including phenoxy) is 1. The molecule has 0 radical (unpaired) electrons. The van der Waals surface area contributed by atoms with Gasteiger partial charge < -0.3 is 20.3 Å². The fraction of sp³-hybridized carbons (Fsp3) is 0.421. The van der Waals surface area contributed by atoms with Crippen LogP contribution < -0.4 is 15.4 Å². The van der Waals surface area contributed by atoms with Crippen molar-refractivity contribution in [1.82, 2.24) is 15.5 Å². The first kappa shape index (κ1) is 22.7. The Kier molecular flexibility index (Phi) is 9.97. The van der Waals surface area contributed by atoms with Gasteiger partial charge in [-0.05, 0) is 44.1 Å². The zero-order valence-electron chi connectivity index (χ0n) is 16.1. The number of halogens is 1. The molecule has 26 heavy (non-hydrogen) atoms. The lowest BCUT2D eigenvalue weighted by atomic mass is 10.0. The van der Waals surface area contributed by atoms with Gasteiger partial charge in [0.1, 0.15) is 5.75 Å². The van der Waals surface area contributed by atoms with Crippen LogP contribution in [0.1, 0.15) is 22.0 Å². The number of nitrogens with zero attached hydrogens (tertiary/aromatic N) is 2. The molecule has 2 N–H and O–H groups in total. The maximum Gasteiger partial charge on any atom is 0.191 e. The molecule has 0 aliphatic rings. The second-order valence-electron chi connectivity index (χ2n) is 6.05. The number of aryl methyl sites for hydroxylation is 1. The van der Waals surface area contributed by atoms with Gasteiger partial charge in [0.15, 0.2) is 5.96 Å². The number of hydrogen-bond donors (Lipinski definition) is 2. The number of nitrogens with one attached hydrogen (secondary N) is 2. The summed E-state index contributed by atoms with van der Waals surface area (Å²) in [6.07, 6.45) is 0. The first-order valence-electron chi connectivity index (χ1n) is 8.33. The highest BCUT2D eigenvalue weighted by Crippen LogP contribution is 2.27. The molecular formula is C19H29IN4OS. The van der Waals surface area contributed by atoms with Crippen LogP contribution in [-0.2, 0) is 6.54 Å². The van der Waals surface area contributed by atoms with Crippen molar-refractivity contribution in [3.8, 4) is 5.75 Å². The van der Waals surface area contributed by atoms with Crippen LogP contribution in [0.3, 0.4) is 0 Å². The van der Waals surface area contributed by atoms with Crippen LogP contribution in [0.2, 0.25) is 0 Å². The predicted octanol–water partition coefficient (Wildman–Crippen LogP) is 3.65. The third kappa shape index (κ3) is 6.14. The molecule has 0 saturated heterocycles. The van der Waals surface area contributed by atoms with Gasteiger partial charge in [-0.3, -0.25) is 4.99 Å². The van der Waals surface area contributed by atoms with E-state index in [0.717, 1.165) is 30.4 Å². The van der Waals surface area contributed by atoms with Gasteiger partial charge in [-0.1, -0.05) is 18.2 Å². The van der Waals surface area contributed by atoms with Crippen molar-refractivity contribution in [2.24, 2.45) is 4.99 Å². The van der Waals surface area contributed by atoms with Crippen LogP contribution in [0.4, 0.5) is 0 Å². The maximum absolute atomic E-state index is 5.52. The van der Waals surface area contributed by atoms with E-state index >= 15 is 0 Å². The summed E-state index contributed by atoms with van der Waals surface area (Å²) >= 11 is 1.76. The van der Waals surface area contributed by atoms with E-state index in [1.807, 2.05) is 18.2 Å². The molecule has 5 nitrogen and oxygen atoms in total. The summed E-state index contributed by atoms with van der Waals surface area (Å²) in [6, 6.07) is 10.5. The first-order valence-corrected chi connectivity index (χ1v) is 9.21. The molecule has 1 atom stereocenters. The van der Waals surface area contributed by atoms with E-state index in [1.54, 1.807) is 25.5 Å². The molecule has 0 fully saturated rings. The number of guanidine groups is 1. The largest absolute Gasteiger partial charge is 0.496 e. The zero-order valence-corrected chi connectivity index (χ0v) is 19.2. The van der Waals surface area contributed by atoms with E-state index in [4.69, 9.17) is 4.74 Å². The third-order valence-corrected chi connectivity index (χ3v) is 5.22. The monoisotopic (exact) mass is 488 g/mol. The molecule has 0 spiro atoms. The van der Waals surface area contributed by atoms with Gasteiger partial charge in [-0.15, -0.1) is 35.3 Å². The Bertz CT molecular complexity index is 702. The minimum absolute atomic E-state index is 0. The Balaban J connectivity index is 0.00000338. The summed E-state index contributed by atoms with van der Waals surface area (Å²) in [5.41, 5.74) is 2.47. The van der Waals surface area contributed by atoms with Crippen LogP contribution in [0.25, 0.3) is 0 Å². The number of rotatable bonds is 7. The molecule has 1 aromatic carbocycles. The Hall–Kier alpha value is -1.32. The van der Waals surface area contributed by atoms with Crippen LogP contribution in [-0.4, -0.2) is 45.7 Å². The standard InChI is InChI=1S/C19H28N4OS.HI/c1-14-10-11-25-18(14)13-22-19(20-2)21-12-16(23(3)4)15-8-6-7-9-17(15)24-5;/h6-11,16H,12-13H2,1-5H3,(H2,20,21,22);1H. The number of thiophene rings is 1. The summed E-state index contributed by atoms with van der Waals surface area (Å²) in [7, 11) is 7.65. The molecular weight excluding hydrogens is 459 g/mol.